The number of fused-ring (bicyclic) bond motifs is 1. The molecule has 3 rings (SSSR count). The third-order valence-electron chi connectivity index (χ3n) is 3.55. The number of rotatable bonds is 4. The molecule has 0 spiro atoms. The van der Waals surface area contributed by atoms with Gasteiger partial charge in [-0.15, -0.1) is 0 Å². The van der Waals surface area contributed by atoms with Crippen molar-refractivity contribution < 1.29 is 9.59 Å². The molecule has 0 saturated carbocycles. The lowest BCUT2D eigenvalue weighted by Gasteiger charge is -2.23. The van der Waals surface area contributed by atoms with Gasteiger partial charge in [0.05, 0.1) is 0 Å². The Balaban J connectivity index is 2.04. The van der Waals surface area contributed by atoms with Crippen molar-refractivity contribution in [3.8, 4) is 0 Å². The molecule has 1 fully saturated rings. The minimum Gasteiger partial charge on any atom is -0.380 e. The molecule has 2 aliphatic rings. The second kappa shape index (κ2) is 4.78. The first kappa shape index (κ1) is 12.9. The fraction of sp³-hybridized carbons (Fsp3) is 0.375. The molecule has 1 N–H and O–H groups in total. The SMILES string of the molecule is CC(C)CNC1=C(N2CC2)C(=O)c2ccccc2C1=O. The van der Waals surface area contributed by atoms with Crippen molar-refractivity contribution in [3.63, 3.8) is 0 Å². The lowest BCUT2D eigenvalue weighted by Crippen LogP contribution is -2.34. The maximum absolute atomic E-state index is 12.6. The Morgan fingerprint density at radius 3 is 2.25 bits per heavy atom. The standard InChI is InChI=1S/C16H18N2O2/c1-10(2)9-17-13-14(18-7-8-18)16(20)12-6-4-3-5-11(12)15(13)19/h3-6,10,17H,7-9H2,1-2H3. The number of allylic oxidation sites excluding steroid dienone is 2. The summed E-state index contributed by atoms with van der Waals surface area (Å²) in [6.07, 6.45) is 0. The molecule has 0 atom stereocenters. The van der Waals surface area contributed by atoms with Gasteiger partial charge in [0.2, 0.25) is 11.6 Å². The van der Waals surface area contributed by atoms with Crippen molar-refractivity contribution in [1.29, 1.82) is 0 Å². The van der Waals surface area contributed by atoms with Gasteiger partial charge in [0, 0.05) is 30.8 Å². The van der Waals surface area contributed by atoms with Gasteiger partial charge in [-0.3, -0.25) is 9.59 Å². The summed E-state index contributed by atoms with van der Waals surface area (Å²) in [5, 5.41) is 3.18. The molecule has 4 nitrogen and oxygen atoms in total. The van der Waals surface area contributed by atoms with Gasteiger partial charge in [-0.05, 0) is 5.92 Å². The van der Waals surface area contributed by atoms with Crippen LogP contribution in [0.25, 0.3) is 0 Å². The Kier molecular flexibility index (Phi) is 3.08. The van der Waals surface area contributed by atoms with Crippen LogP contribution in [0.5, 0.6) is 0 Å². The van der Waals surface area contributed by atoms with Crippen molar-refractivity contribution in [1.82, 2.24) is 10.2 Å². The van der Waals surface area contributed by atoms with Crippen LogP contribution in [-0.4, -0.2) is 36.1 Å². The van der Waals surface area contributed by atoms with Gasteiger partial charge in [0.25, 0.3) is 0 Å². The van der Waals surface area contributed by atoms with E-state index in [4.69, 9.17) is 0 Å². The topological polar surface area (TPSA) is 49.2 Å². The smallest absolute Gasteiger partial charge is 0.212 e. The predicted octanol–water partition coefficient (Wildman–Crippen LogP) is 1.84. The number of benzene rings is 1. The highest BCUT2D eigenvalue weighted by atomic mass is 16.1. The number of nitrogens with one attached hydrogen (secondary N) is 1. The Labute approximate surface area is 118 Å². The summed E-state index contributed by atoms with van der Waals surface area (Å²) in [6, 6.07) is 7.06. The van der Waals surface area contributed by atoms with E-state index in [9.17, 15) is 9.59 Å². The molecule has 0 unspecified atom stereocenters. The quantitative estimate of drug-likeness (QED) is 0.848. The summed E-state index contributed by atoms with van der Waals surface area (Å²) in [6.45, 7) is 6.54. The maximum atomic E-state index is 12.6. The van der Waals surface area contributed by atoms with Gasteiger partial charge in [-0.25, -0.2) is 0 Å². The molecule has 0 amide bonds. The van der Waals surface area contributed by atoms with E-state index in [-0.39, 0.29) is 11.6 Å². The van der Waals surface area contributed by atoms with Gasteiger partial charge >= 0.3 is 0 Å². The molecule has 0 bridgehead atoms. The molecular formula is C16H18N2O2. The van der Waals surface area contributed by atoms with Crippen LogP contribution in [0.15, 0.2) is 35.7 Å². The number of ketones is 2. The van der Waals surface area contributed by atoms with E-state index in [1.54, 1.807) is 24.3 Å². The fourth-order valence-electron chi connectivity index (χ4n) is 2.41. The third-order valence-corrected chi connectivity index (χ3v) is 3.55. The summed E-state index contributed by atoms with van der Waals surface area (Å²) >= 11 is 0. The van der Waals surface area contributed by atoms with Crippen LogP contribution in [0.2, 0.25) is 0 Å². The first-order chi connectivity index (χ1) is 9.59. The Morgan fingerprint density at radius 1 is 1.10 bits per heavy atom. The molecule has 1 aromatic carbocycles. The highest BCUT2D eigenvalue weighted by molar-refractivity contribution is 6.26. The molecule has 1 aliphatic heterocycles. The van der Waals surface area contributed by atoms with Gasteiger partial charge in [0.1, 0.15) is 11.4 Å². The van der Waals surface area contributed by atoms with E-state index in [1.807, 2.05) is 4.90 Å². The van der Waals surface area contributed by atoms with Crippen LogP contribution in [-0.2, 0) is 0 Å². The van der Waals surface area contributed by atoms with E-state index in [1.165, 1.54) is 0 Å². The maximum Gasteiger partial charge on any atom is 0.212 e. The molecule has 1 saturated heterocycles. The molecule has 4 heteroatoms. The van der Waals surface area contributed by atoms with Gasteiger partial charge in [-0.1, -0.05) is 38.1 Å². The van der Waals surface area contributed by atoms with E-state index in [0.29, 0.717) is 35.0 Å². The molecule has 1 heterocycles. The summed E-state index contributed by atoms with van der Waals surface area (Å²) < 4.78 is 0. The zero-order chi connectivity index (χ0) is 14.3. The Bertz CT molecular complexity index is 613. The average Bonchev–Trinajstić information content (AvgIpc) is 3.25. The first-order valence-corrected chi connectivity index (χ1v) is 7.01. The number of hydrogen-bond acceptors (Lipinski definition) is 4. The number of nitrogens with zero attached hydrogens (tertiary/aromatic N) is 1. The minimum absolute atomic E-state index is 0.0380. The predicted molar refractivity (Wildman–Crippen MR) is 76.5 cm³/mol. The van der Waals surface area contributed by atoms with Crippen LogP contribution in [0.1, 0.15) is 34.6 Å². The van der Waals surface area contributed by atoms with Crippen LogP contribution in [0.4, 0.5) is 0 Å². The van der Waals surface area contributed by atoms with E-state index in [2.05, 4.69) is 19.2 Å². The molecule has 0 aromatic heterocycles. The fourth-order valence-corrected chi connectivity index (χ4v) is 2.41. The van der Waals surface area contributed by atoms with E-state index >= 15 is 0 Å². The average molecular weight is 270 g/mol. The Hall–Kier alpha value is -2.10. The summed E-state index contributed by atoms with van der Waals surface area (Å²) in [7, 11) is 0. The largest absolute Gasteiger partial charge is 0.380 e. The van der Waals surface area contributed by atoms with Gasteiger partial charge in [-0.2, -0.15) is 0 Å². The monoisotopic (exact) mass is 270 g/mol. The van der Waals surface area contributed by atoms with Crippen LogP contribution in [0.3, 0.4) is 0 Å². The zero-order valence-corrected chi connectivity index (χ0v) is 11.8. The summed E-state index contributed by atoms with van der Waals surface area (Å²) in [5.74, 6) is 0.310. The lowest BCUT2D eigenvalue weighted by molar-refractivity contribution is 0.0954. The van der Waals surface area contributed by atoms with Crippen molar-refractivity contribution in [2.45, 2.75) is 13.8 Å². The summed E-state index contributed by atoms with van der Waals surface area (Å²) in [4.78, 5) is 27.2. The molecule has 1 aliphatic carbocycles. The molecule has 0 radical (unpaired) electrons. The molecule has 20 heavy (non-hydrogen) atoms. The zero-order valence-electron chi connectivity index (χ0n) is 11.8. The molecular weight excluding hydrogens is 252 g/mol. The van der Waals surface area contributed by atoms with Crippen LogP contribution < -0.4 is 5.32 Å². The van der Waals surface area contributed by atoms with E-state index < -0.39 is 0 Å². The number of Topliss-reactive ketones (excluding diaryl/α,β-unsaturated/α-hetero) is 2. The number of carbonyl (C=O) groups is 2. The lowest BCUT2D eigenvalue weighted by atomic mass is 9.90. The highest BCUT2D eigenvalue weighted by Gasteiger charge is 2.38. The van der Waals surface area contributed by atoms with Crippen LogP contribution in [0, 0.1) is 5.92 Å². The second-order valence-corrected chi connectivity index (χ2v) is 5.69. The third kappa shape index (κ3) is 2.11. The highest BCUT2D eigenvalue weighted by Crippen LogP contribution is 2.30. The van der Waals surface area contributed by atoms with Crippen molar-refractivity contribution in [2.75, 3.05) is 19.6 Å². The molecule has 1 aromatic rings. The van der Waals surface area contributed by atoms with Gasteiger partial charge < -0.3 is 10.2 Å². The first-order valence-electron chi connectivity index (χ1n) is 7.01. The Morgan fingerprint density at radius 2 is 1.70 bits per heavy atom. The van der Waals surface area contributed by atoms with Crippen molar-refractivity contribution >= 4 is 11.6 Å². The van der Waals surface area contributed by atoms with Crippen molar-refractivity contribution in [2.24, 2.45) is 5.92 Å². The summed E-state index contributed by atoms with van der Waals surface area (Å²) in [5.41, 5.74) is 2.05. The number of carbonyl (C=O) groups excluding carboxylic acids is 2. The van der Waals surface area contributed by atoms with Crippen LogP contribution >= 0.6 is 0 Å². The second-order valence-electron chi connectivity index (χ2n) is 5.69. The minimum atomic E-state index is -0.0669. The number of hydrogen-bond donors (Lipinski definition) is 1. The van der Waals surface area contributed by atoms with E-state index in [0.717, 1.165) is 13.1 Å². The molecule has 104 valence electrons. The normalized spacial score (nSPS) is 17.6. The van der Waals surface area contributed by atoms with Gasteiger partial charge in [0.15, 0.2) is 0 Å². The van der Waals surface area contributed by atoms with Crippen molar-refractivity contribution in [3.05, 3.63) is 46.8 Å².